The molecule has 0 fully saturated rings. The van der Waals surface area contributed by atoms with Crippen LogP contribution < -0.4 is 9.47 Å². The standard InChI is InChI=1S/C19H23NO6/c1-3-24-19(22)10-11-20(13-15-7-6-12-25-15)18(21)14-26-17-9-5-4-8-16(17)23-2/h4-9,12H,3,10-11,13-14H2,1-2H3. The Kier molecular flexibility index (Phi) is 7.54. The largest absolute Gasteiger partial charge is 0.493 e. The number of benzene rings is 1. The first-order valence-corrected chi connectivity index (χ1v) is 8.35. The van der Waals surface area contributed by atoms with Gasteiger partial charge in [0.2, 0.25) is 0 Å². The molecule has 1 aromatic carbocycles. The molecule has 1 heterocycles. The molecule has 0 aliphatic rings. The smallest absolute Gasteiger partial charge is 0.307 e. The van der Waals surface area contributed by atoms with Crippen LogP contribution >= 0.6 is 0 Å². The van der Waals surface area contributed by atoms with Gasteiger partial charge >= 0.3 is 5.97 Å². The van der Waals surface area contributed by atoms with Crippen molar-refractivity contribution < 1.29 is 28.2 Å². The Balaban J connectivity index is 1.98. The van der Waals surface area contributed by atoms with E-state index in [1.807, 2.05) is 6.07 Å². The highest BCUT2D eigenvalue weighted by molar-refractivity contribution is 5.78. The van der Waals surface area contributed by atoms with Crippen molar-refractivity contribution >= 4 is 11.9 Å². The van der Waals surface area contributed by atoms with Gasteiger partial charge in [0, 0.05) is 6.54 Å². The van der Waals surface area contributed by atoms with Gasteiger partial charge in [0.1, 0.15) is 5.76 Å². The number of hydrogen-bond donors (Lipinski definition) is 0. The number of amides is 1. The highest BCUT2D eigenvalue weighted by Crippen LogP contribution is 2.25. The molecule has 0 spiro atoms. The minimum absolute atomic E-state index is 0.106. The summed E-state index contributed by atoms with van der Waals surface area (Å²) in [6.07, 6.45) is 1.64. The van der Waals surface area contributed by atoms with Crippen molar-refractivity contribution in [2.45, 2.75) is 19.9 Å². The number of methoxy groups -OCH3 is 1. The molecule has 7 nitrogen and oxygen atoms in total. The molecule has 0 aliphatic heterocycles. The van der Waals surface area contributed by atoms with Gasteiger partial charge in [-0.25, -0.2) is 0 Å². The first kappa shape index (κ1) is 19.4. The van der Waals surface area contributed by atoms with E-state index in [-0.39, 0.29) is 38.0 Å². The topological polar surface area (TPSA) is 78.2 Å². The number of furan rings is 1. The van der Waals surface area contributed by atoms with Crippen LogP contribution in [0.2, 0.25) is 0 Å². The normalized spacial score (nSPS) is 10.2. The van der Waals surface area contributed by atoms with Crippen LogP contribution in [-0.2, 0) is 20.9 Å². The van der Waals surface area contributed by atoms with E-state index in [1.54, 1.807) is 37.3 Å². The van der Waals surface area contributed by atoms with Crippen LogP contribution in [0.15, 0.2) is 47.1 Å². The second-order valence-corrected chi connectivity index (χ2v) is 5.39. The van der Waals surface area contributed by atoms with Crippen molar-refractivity contribution in [3.8, 4) is 11.5 Å². The van der Waals surface area contributed by atoms with E-state index in [0.717, 1.165) is 0 Å². The lowest BCUT2D eigenvalue weighted by molar-refractivity contribution is -0.144. The summed E-state index contributed by atoms with van der Waals surface area (Å²) in [4.78, 5) is 25.7. The molecule has 26 heavy (non-hydrogen) atoms. The predicted octanol–water partition coefficient (Wildman–Crippen LogP) is 2.65. The Hall–Kier alpha value is -2.96. The summed E-state index contributed by atoms with van der Waals surface area (Å²) in [7, 11) is 1.53. The fourth-order valence-corrected chi connectivity index (χ4v) is 2.31. The summed E-state index contributed by atoms with van der Waals surface area (Å²) < 4.78 is 21.0. The third-order valence-electron chi connectivity index (χ3n) is 3.59. The van der Waals surface area contributed by atoms with Crippen molar-refractivity contribution in [3.05, 3.63) is 48.4 Å². The van der Waals surface area contributed by atoms with Gasteiger partial charge in [0.05, 0.1) is 32.9 Å². The molecule has 1 aromatic heterocycles. The van der Waals surface area contributed by atoms with E-state index in [2.05, 4.69) is 0 Å². The lowest BCUT2D eigenvalue weighted by Crippen LogP contribution is -2.36. The van der Waals surface area contributed by atoms with Crippen molar-refractivity contribution in [1.82, 2.24) is 4.90 Å². The van der Waals surface area contributed by atoms with Crippen LogP contribution in [0.25, 0.3) is 0 Å². The van der Waals surface area contributed by atoms with Crippen LogP contribution in [-0.4, -0.2) is 43.6 Å². The van der Waals surface area contributed by atoms with Crippen molar-refractivity contribution in [2.24, 2.45) is 0 Å². The maximum atomic E-state index is 12.6. The Labute approximate surface area is 152 Å². The number of esters is 1. The van der Waals surface area contributed by atoms with Crippen LogP contribution in [0.1, 0.15) is 19.1 Å². The minimum Gasteiger partial charge on any atom is -0.493 e. The highest BCUT2D eigenvalue weighted by Gasteiger charge is 2.18. The molecular weight excluding hydrogens is 338 g/mol. The zero-order valence-corrected chi connectivity index (χ0v) is 15.0. The molecule has 2 rings (SSSR count). The summed E-state index contributed by atoms with van der Waals surface area (Å²) in [5.41, 5.74) is 0. The second-order valence-electron chi connectivity index (χ2n) is 5.39. The molecule has 140 valence electrons. The lowest BCUT2D eigenvalue weighted by Gasteiger charge is -2.21. The van der Waals surface area contributed by atoms with E-state index in [4.69, 9.17) is 18.6 Å². The maximum Gasteiger partial charge on any atom is 0.307 e. The zero-order valence-electron chi connectivity index (χ0n) is 15.0. The van der Waals surface area contributed by atoms with E-state index < -0.39 is 0 Å². The molecule has 0 bridgehead atoms. The average molecular weight is 361 g/mol. The first-order chi connectivity index (χ1) is 12.6. The summed E-state index contributed by atoms with van der Waals surface area (Å²) in [5, 5.41) is 0. The molecule has 2 aromatic rings. The number of nitrogens with zero attached hydrogens (tertiary/aromatic N) is 1. The number of hydrogen-bond acceptors (Lipinski definition) is 6. The summed E-state index contributed by atoms with van der Waals surface area (Å²) in [6.45, 7) is 2.34. The van der Waals surface area contributed by atoms with Gasteiger partial charge in [-0.1, -0.05) is 12.1 Å². The molecule has 1 amide bonds. The number of carbonyl (C=O) groups excluding carboxylic acids is 2. The Morgan fingerprint density at radius 2 is 1.88 bits per heavy atom. The molecule has 0 radical (unpaired) electrons. The molecule has 0 aliphatic carbocycles. The van der Waals surface area contributed by atoms with Gasteiger partial charge in [0.15, 0.2) is 18.1 Å². The molecule has 0 saturated heterocycles. The third-order valence-corrected chi connectivity index (χ3v) is 3.59. The number of rotatable bonds is 10. The fourth-order valence-electron chi connectivity index (χ4n) is 2.31. The fraction of sp³-hybridized carbons (Fsp3) is 0.368. The van der Waals surface area contributed by atoms with Gasteiger partial charge < -0.3 is 23.5 Å². The van der Waals surface area contributed by atoms with Gasteiger partial charge in [-0.2, -0.15) is 0 Å². The van der Waals surface area contributed by atoms with Crippen molar-refractivity contribution in [2.75, 3.05) is 26.9 Å². The van der Waals surface area contributed by atoms with Crippen molar-refractivity contribution in [1.29, 1.82) is 0 Å². The van der Waals surface area contributed by atoms with Crippen LogP contribution in [0.4, 0.5) is 0 Å². The zero-order chi connectivity index (χ0) is 18.8. The minimum atomic E-state index is -0.351. The average Bonchev–Trinajstić information content (AvgIpc) is 3.16. The van der Waals surface area contributed by atoms with Crippen molar-refractivity contribution in [3.63, 3.8) is 0 Å². The van der Waals surface area contributed by atoms with E-state index >= 15 is 0 Å². The maximum absolute atomic E-state index is 12.6. The molecule has 0 unspecified atom stereocenters. The highest BCUT2D eigenvalue weighted by atomic mass is 16.5. The predicted molar refractivity (Wildman–Crippen MR) is 93.9 cm³/mol. The SMILES string of the molecule is CCOC(=O)CCN(Cc1ccco1)C(=O)COc1ccccc1OC. The van der Waals surface area contributed by atoms with E-state index in [9.17, 15) is 9.59 Å². The Morgan fingerprint density at radius 3 is 2.54 bits per heavy atom. The lowest BCUT2D eigenvalue weighted by atomic mass is 10.3. The van der Waals surface area contributed by atoms with Gasteiger partial charge in [-0.15, -0.1) is 0 Å². The number of ether oxygens (including phenoxy) is 3. The molecule has 0 atom stereocenters. The van der Waals surface area contributed by atoms with E-state index in [1.165, 1.54) is 18.3 Å². The molecule has 0 saturated carbocycles. The van der Waals surface area contributed by atoms with E-state index in [0.29, 0.717) is 23.9 Å². The summed E-state index contributed by atoms with van der Waals surface area (Å²) in [6, 6.07) is 10.6. The first-order valence-electron chi connectivity index (χ1n) is 8.35. The summed E-state index contributed by atoms with van der Waals surface area (Å²) in [5.74, 6) is 1.03. The Morgan fingerprint density at radius 1 is 1.12 bits per heavy atom. The van der Waals surface area contributed by atoms with Gasteiger partial charge in [-0.05, 0) is 31.2 Å². The second kappa shape index (κ2) is 10.1. The quantitative estimate of drug-likeness (QED) is 0.606. The summed E-state index contributed by atoms with van der Waals surface area (Å²) >= 11 is 0. The molecule has 7 heteroatoms. The monoisotopic (exact) mass is 361 g/mol. The Bertz CT molecular complexity index is 698. The number of carbonyl (C=O) groups is 2. The van der Waals surface area contributed by atoms with Crippen LogP contribution in [0.3, 0.4) is 0 Å². The van der Waals surface area contributed by atoms with Gasteiger partial charge in [-0.3, -0.25) is 9.59 Å². The van der Waals surface area contributed by atoms with Gasteiger partial charge in [0.25, 0.3) is 5.91 Å². The molecule has 0 N–H and O–H groups in total. The number of para-hydroxylation sites is 2. The van der Waals surface area contributed by atoms with Crippen LogP contribution in [0.5, 0.6) is 11.5 Å². The third kappa shape index (κ3) is 5.84. The van der Waals surface area contributed by atoms with Crippen LogP contribution in [0, 0.1) is 0 Å². The molecular formula is C19H23NO6.